The molecule has 1 radical (unpaired) electrons. The van der Waals surface area contributed by atoms with Crippen LogP contribution in [0.3, 0.4) is 0 Å². The summed E-state index contributed by atoms with van der Waals surface area (Å²) < 4.78 is 13.6. The van der Waals surface area contributed by atoms with Gasteiger partial charge >= 0.3 is 0 Å². The molecule has 135 valence electrons. The second-order valence-electron chi connectivity index (χ2n) is 7.72. The van der Waals surface area contributed by atoms with E-state index in [1.54, 1.807) is 0 Å². The number of hydrogen-bond donors (Lipinski definition) is 1. The molecule has 0 spiro atoms. The number of amides is 1. The Balaban J connectivity index is 0.00000225. The molecule has 1 amide bonds. The number of anilines is 1. The van der Waals surface area contributed by atoms with Crippen molar-refractivity contribution in [3.63, 3.8) is 0 Å². The first kappa shape index (κ1) is 21.5. The van der Waals surface area contributed by atoms with Crippen LogP contribution in [-0.4, -0.2) is 29.5 Å². The Labute approximate surface area is 177 Å². The van der Waals surface area contributed by atoms with Gasteiger partial charge in [-0.15, -0.1) is 0 Å². The summed E-state index contributed by atoms with van der Waals surface area (Å²) in [6.07, 6.45) is 11.0. The van der Waals surface area contributed by atoms with Crippen LogP contribution in [0.2, 0.25) is 0 Å². The minimum Gasteiger partial charge on any atom is -0.322 e. The monoisotopic (exact) mass is 439 g/mol. The average molecular weight is 439 g/mol. The maximum atomic E-state index is 13.6. The Kier molecular flexibility index (Phi) is 7.25. The Morgan fingerprint density at radius 3 is 2.12 bits per heavy atom. The first-order valence-electron chi connectivity index (χ1n) is 9.38. The molecule has 3 rings (SSSR count). The van der Waals surface area contributed by atoms with Gasteiger partial charge in [0.05, 0.1) is 18.5 Å². The van der Waals surface area contributed by atoms with Gasteiger partial charge in [-0.2, -0.15) is 0 Å². The Morgan fingerprint density at radius 1 is 1.12 bits per heavy atom. The van der Waals surface area contributed by atoms with Gasteiger partial charge < -0.3 is 5.32 Å². The second-order valence-corrected chi connectivity index (χ2v) is 12.4. The van der Waals surface area contributed by atoms with Gasteiger partial charge in [0, 0.05) is 45.7 Å². The molecule has 1 aliphatic heterocycles. The molecule has 1 N–H and O–H groups in total. The van der Waals surface area contributed by atoms with E-state index in [2.05, 4.69) is 12.2 Å². The smallest absolute Gasteiger partial charge is 0.268 e. The zero-order chi connectivity index (χ0) is 17.4. The molecule has 1 heterocycles. The largest absolute Gasteiger partial charge is 0.322 e. The minimum atomic E-state index is -1.23. The molecule has 5 heteroatoms. The molecule has 1 saturated carbocycles. The van der Waals surface area contributed by atoms with Crippen LogP contribution >= 0.6 is 7.26 Å². The Bertz CT molecular complexity index is 616. The third kappa shape index (κ3) is 3.76. The first-order chi connectivity index (χ1) is 11.4. The van der Waals surface area contributed by atoms with Crippen molar-refractivity contribution in [2.45, 2.75) is 64.5 Å². The van der Waals surface area contributed by atoms with Crippen LogP contribution < -0.4 is 5.32 Å². The Hall–Kier alpha value is 0.154. The van der Waals surface area contributed by atoms with Gasteiger partial charge in [-0.3, -0.25) is 4.79 Å². The summed E-state index contributed by atoms with van der Waals surface area (Å²) >= 11 is 0. The molecule has 0 atom stereocenters. The molecule has 2 aliphatic rings. The van der Waals surface area contributed by atoms with Crippen molar-refractivity contribution in [1.29, 1.82) is 0 Å². The third-order valence-electron chi connectivity index (χ3n) is 6.52. The van der Waals surface area contributed by atoms with Gasteiger partial charge in [-0.05, 0) is 82.6 Å². The zero-order valence-corrected chi connectivity index (χ0v) is 19.6. The normalized spacial score (nSPS) is 21.0. The summed E-state index contributed by atoms with van der Waals surface area (Å²) in [5.41, 5.74) is 2.46. The predicted octanol–water partition coefficient (Wildman–Crippen LogP) is 5.52. The van der Waals surface area contributed by atoms with E-state index in [0.29, 0.717) is 0 Å². The van der Waals surface area contributed by atoms with Crippen LogP contribution in [-0.2, 0) is 37.5 Å². The number of aryl methyl sites for hydroxylation is 2. The van der Waals surface area contributed by atoms with Gasteiger partial charge in [0.2, 0.25) is 0 Å². The van der Waals surface area contributed by atoms with Crippen LogP contribution in [0.15, 0.2) is 12.1 Å². The van der Waals surface area contributed by atoms with Crippen molar-refractivity contribution in [3.05, 3.63) is 29.1 Å². The van der Waals surface area contributed by atoms with Crippen LogP contribution in [0.5, 0.6) is 0 Å². The third-order valence-corrected chi connectivity index (χ3v) is 12.5. The fourth-order valence-corrected chi connectivity index (χ4v) is 10.7. The molecule has 0 unspecified atom stereocenters. The summed E-state index contributed by atoms with van der Waals surface area (Å²) in [5.74, 6) is -0.00481. The van der Waals surface area contributed by atoms with E-state index in [1.165, 1.54) is 56.3 Å². The van der Waals surface area contributed by atoms with Crippen LogP contribution in [0, 0.1) is 19.7 Å². The molecule has 2 nitrogen and oxygen atoms in total. The number of carbonyl (C=O) groups is 1. The zero-order valence-electron chi connectivity index (χ0n) is 15.8. The molecule has 1 aromatic rings. The van der Waals surface area contributed by atoms with E-state index >= 15 is 0 Å². The molecule has 0 bridgehead atoms. The summed E-state index contributed by atoms with van der Waals surface area (Å²) in [4.78, 5) is 13.4. The molecular formula is C20H30FNOPY+. The standard InChI is InChI=1S/C20H29FNOP.Y/c1-4-24(11-6-5-7-12-24)20(9-8-10-20)19(23)22-18-15(2)13-17(21)14-16(18)3;/h13-14H,4-12H2,1-3H3;/p+1. The first-order valence-corrected chi connectivity index (χ1v) is 11.7. The van der Waals surface area contributed by atoms with Crippen molar-refractivity contribution in [2.75, 3.05) is 23.8 Å². The number of nitrogens with one attached hydrogen (secondary N) is 1. The van der Waals surface area contributed by atoms with Gasteiger partial charge in [-0.1, -0.05) is 0 Å². The molecular weight excluding hydrogens is 409 g/mol. The number of benzene rings is 1. The van der Waals surface area contributed by atoms with Crippen molar-refractivity contribution in [2.24, 2.45) is 0 Å². The average Bonchev–Trinajstić information content (AvgIpc) is 2.50. The van der Waals surface area contributed by atoms with E-state index in [0.717, 1.165) is 29.7 Å². The number of rotatable bonds is 4. The maximum absolute atomic E-state index is 13.6. The summed E-state index contributed by atoms with van der Waals surface area (Å²) in [6, 6.07) is 3.03. The van der Waals surface area contributed by atoms with Crippen LogP contribution in [0.4, 0.5) is 10.1 Å². The summed E-state index contributed by atoms with van der Waals surface area (Å²) in [5, 5.41) is 3.13. The van der Waals surface area contributed by atoms with Crippen molar-refractivity contribution in [1.82, 2.24) is 0 Å². The fraction of sp³-hybridized carbons (Fsp3) is 0.650. The Morgan fingerprint density at radius 2 is 1.68 bits per heavy atom. The molecule has 1 aromatic carbocycles. The van der Waals surface area contributed by atoms with Gasteiger partial charge in [0.1, 0.15) is 5.82 Å². The van der Waals surface area contributed by atoms with Crippen LogP contribution in [0.1, 0.15) is 56.6 Å². The fourth-order valence-electron chi connectivity index (χ4n) is 4.93. The number of hydrogen-bond acceptors (Lipinski definition) is 1. The van der Waals surface area contributed by atoms with Gasteiger partial charge in [0.15, 0.2) is 5.16 Å². The SMILES string of the molecule is CC[P+]1(C2(C(=O)Nc3c(C)cc(F)cc3C)CCC2)CCCCC1.[Y]. The van der Waals surface area contributed by atoms with E-state index < -0.39 is 7.26 Å². The summed E-state index contributed by atoms with van der Waals surface area (Å²) in [6.45, 7) is 6.07. The van der Waals surface area contributed by atoms with Crippen LogP contribution in [0.25, 0.3) is 0 Å². The van der Waals surface area contributed by atoms with E-state index in [-0.39, 0.29) is 49.6 Å². The van der Waals surface area contributed by atoms with E-state index in [1.807, 2.05) is 13.8 Å². The van der Waals surface area contributed by atoms with Crippen molar-refractivity contribution < 1.29 is 41.9 Å². The molecule has 1 aliphatic carbocycles. The van der Waals surface area contributed by atoms with E-state index in [9.17, 15) is 9.18 Å². The van der Waals surface area contributed by atoms with E-state index in [4.69, 9.17) is 0 Å². The molecule has 0 aromatic heterocycles. The molecule has 25 heavy (non-hydrogen) atoms. The second kappa shape index (κ2) is 8.45. The summed E-state index contributed by atoms with van der Waals surface area (Å²) in [7, 11) is -1.23. The van der Waals surface area contributed by atoms with Crippen molar-refractivity contribution in [3.8, 4) is 0 Å². The minimum absolute atomic E-state index is 0. The molecule has 1 saturated heterocycles. The molecule has 2 fully saturated rings. The predicted molar refractivity (Wildman–Crippen MR) is 102 cm³/mol. The topological polar surface area (TPSA) is 29.1 Å². The maximum Gasteiger partial charge on any atom is 0.268 e. The number of halogens is 1. The van der Waals surface area contributed by atoms with Crippen molar-refractivity contribution >= 4 is 18.9 Å². The van der Waals surface area contributed by atoms with Gasteiger partial charge in [-0.25, -0.2) is 4.39 Å². The number of carbonyl (C=O) groups excluding carboxylic acids is 1. The van der Waals surface area contributed by atoms with Gasteiger partial charge in [0.25, 0.3) is 5.91 Å². The quantitative estimate of drug-likeness (QED) is 0.615.